The molecule has 0 aliphatic carbocycles. The van der Waals surface area contributed by atoms with Gasteiger partial charge in [-0.05, 0) is 61.3 Å². The average Bonchev–Trinajstić information content (AvgIpc) is 3.09. The summed E-state index contributed by atoms with van der Waals surface area (Å²) in [6.07, 6.45) is 1.79. The fraction of sp³-hybridized carbons (Fsp3) is 0.0556. The Morgan fingerprint density at radius 1 is 0.357 bits per heavy atom. The smallest absolute Gasteiger partial charge is 0.0889 e. The number of rotatable bonds is 9. The van der Waals surface area contributed by atoms with Crippen LogP contribution in [0.25, 0.3) is 11.4 Å². The van der Waals surface area contributed by atoms with Crippen LogP contribution < -0.4 is 21.2 Å². The van der Waals surface area contributed by atoms with E-state index in [0.717, 1.165) is 35.1 Å². The molecule has 0 atom stereocenters. The van der Waals surface area contributed by atoms with Crippen LogP contribution in [0.1, 0.15) is 11.4 Å². The van der Waals surface area contributed by atoms with E-state index in [0.29, 0.717) is 0 Å². The van der Waals surface area contributed by atoms with Gasteiger partial charge in [0.2, 0.25) is 0 Å². The molecule has 0 aliphatic rings. The number of aromatic nitrogens is 2. The molecule has 0 N–H and O–H groups in total. The molecule has 2 nitrogen and oxygen atoms in total. The number of pyridine rings is 2. The van der Waals surface area contributed by atoms with Crippen LogP contribution in [0, 0.1) is 0 Å². The first kappa shape index (κ1) is 29.7. The lowest BCUT2D eigenvalue weighted by Crippen LogP contribution is -2.13. The van der Waals surface area contributed by atoms with Crippen LogP contribution in [-0.4, -0.2) is 25.4 Å². The van der Waals surface area contributed by atoms with Crippen LogP contribution in [0.15, 0.2) is 158 Å². The van der Waals surface area contributed by atoms with Gasteiger partial charge in [-0.2, -0.15) is 0 Å². The highest BCUT2D eigenvalue weighted by molar-refractivity contribution is 7.72. The van der Waals surface area contributed by atoms with E-state index < -0.39 is 15.8 Å². The maximum atomic E-state index is 5.13. The monoisotopic (exact) mass is 574 g/mol. The van der Waals surface area contributed by atoms with Gasteiger partial charge in [0.15, 0.2) is 0 Å². The molecule has 6 aromatic rings. The Hall–Kier alpha value is -3.83. The molecule has 200 valence electrons. The van der Waals surface area contributed by atoms with E-state index in [1.165, 1.54) is 21.2 Å². The summed E-state index contributed by atoms with van der Waals surface area (Å²) in [5.41, 5.74) is 4.05. The molecule has 0 fully saturated rings. The molecule has 0 unspecified atom stereocenters. The summed E-state index contributed by atoms with van der Waals surface area (Å²) >= 11 is 0. The van der Waals surface area contributed by atoms with Gasteiger partial charge in [-0.1, -0.05) is 133 Å². The van der Waals surface area contributed by atoms with Gasteiger partial charge in [-0.15, -0.1) is 0 Å². The largest absolute Gasteiger partial charge is 0.251 e. The molecule has 6 rings (SSSR count). The van der Waals surface area contributed by atoms with Gasteiger partial charge in [0.05, 0.1) is 11.4 Å². The van der Waals surface area contributed by atoms with Crippen molar-refractivity contribution in [2.45, 2.75) is 12.3 Å². The van der Waals surface area contributed by atoms with E-state index in [1.807, 2.05) is 0 Å². The molecular formula is C36H30B2N2P2. The first-order chi connectivity index (χ1) is 20.8. The number of nitrogens with zero attached hydrogens (tertiary/aromatic N) is 2. The second-order valence-electron chi connectivity index (χ2n) is 9.54. The SMILES string of the molecule is [B][B].c1ccc(P(Cc2cccc(-c3cccc(CP(c4ccccc4)c4ccccc4)n3)n2)c2ccccc2)cc1. The molecule has 0 aliphatic heterocycles. The molecule has 0 saturated carbocycles. The Morgan fingerprint density at radius 3 is 0.929 bits per heavy atom. The van der Waals surface area contributed by atoms with Crippen molar-refractivity contribution in [3.05, 3.63) is 169 Å². The Balaban J connectivity index is 0.00000173. The van der Waals surface area contributed by atoms with Gasteiger partial charge in [0.1, 0.15) is 0 Å². The fourth-order valence-corrected chi connectivity index (χ4v) is 9.29. The average molecular weight is 574 g/mol. The maximum absolute atomic E-state index is 5.13. The van der Waals surface area contributed by atoms with Crippen molar-refractivity contribution < 1.29 is 0 Å². The third-order valence-corrected chi connectivity index (χ3v) is 11.8. The van der Waals surface area contributed by atoms with E-state index >= 15 is 0 Å². The number of hydrogen-bond acceptors (Lipinski definition) is 2. The Labute approximate surface area is 254 Å². The zero-order chi connectivity index (χ0) is 29.0. The van der Waals surface area contributed by atoms with Crippen molar-refractivity contribution >= 4 is 52.5 Å². The molecule has 0 spiro atoms. The molecule has 42 heavy (non-hydrogen) atoms. The van der Waals surface area contributed by atoms with E-state index in [2.05, 4.69) is 173 Å². The minimum absolute atomic E-state index is 0.558. The summed E-state index contributed by atoms with van der Waals surface area (Å²) in [7, 11) is 6.88. The van der Waals surface area contributed by atoms with Crippen molar-refractivity contribution in [1.82, 2.24) is 9.97 Å². The van der Waals surface area contributed by atoms with Crippen LogP contribution in [0.5, 0.6) is 0 Å². The highest BCUT2D eigenvalue weighted by Gasteiger charge is 2.17. The Morgan fingerprint density at radius 2 is 0.643 bits per heavy atom. The van der Waals surface area contributed by atoms with Crippen LogP contribution >= 0.6 is 15.8 Å². The molecule has 2 aromatic heterocycles. The minimum Gasteiger partial charge on any atom is -0.251 e. The van der Waals surface area contributed by atoms with E-state index in [1.54, 1.807) is 0 Å². The van der Waals surface area contributed by atoms with Gasteiger partial charge in [0.25, 0.3) is 0 Å². The molecule has 0 amide bonds. The lowest BCUT2D eigenvalue weighted by Gasteiger charge is -2.19. The summed E-state index contributed by atoms with van der Waals surface area (Å²) in [6.45, 7) is 0. The van der Waals surface area contributed by atoms with Crippen molar-refractivity contribution in [2.75, 3.05) is 0 Å². The summed E-state index contributed by atoms with van der Waals surface area (Å²) in [6, 6.07) is 56.0. The lowest BCUT2D eigenvalue weighted by molar-refractivity contribution is 1.12. The van der Waals surface area contributed by atoms with Gasteiger partial charge in [-0.25, -0.2) is 0 Å². The van der Waals surface area contributed by atoms with Gasteiger partial charge in [0, 0.05) is 39.2 Å². The minimum atomic E-state index is -0.558. The molecular weight excluding hydrogens is 544 g/mol. The first-order valence-corrected chi connectivity index (χ1v) is 16.9. The van der Waals surface area contributed by atoms with E-state index in [4.69, 9.17) is 9.97 Å². The number of hydrogen-bond donors (Lipinski definition) is 0. The summed E-state index contributed by atoms with van der Waals surface area (Å²) < 4.78 is 0. The van der Waals surface area contributed by atoms with Crippen LogP contribution in [0.3, 0.4) is 0 Å². The third kappa shape index (κ3) is 7.71. The van der Waals surface area contributed by atoms with E-state index in [9.17, 15) is 0 Å². The zero-order valence-electron chi connectivity index (χ0n) is 23.4. The van der Waals surface area contributed by atoms with Gasteiger partial charge in [-0.3, -0.25) is 9.97 Å². The Kier molecular flexibility index (Phi) is 10.9. The van der Waals surface area contributed by atoms with Crippen molar-refractivity contribution in [1.29, 1.82) is 0 Å². The Bertz CT molecular complexity index is 1450. The highest BCUT2D eigenvalue weighted by atomic mass is 31.1. The predicted octanol–water partition coefficient (Wildman–Crippen LogP) is 6.65. The van der Waals surface area contributed by atoms with Crippen molar-refractivity contribution in [3.8, 4) is 11.4 Å². The third-order valence-electron chi connectivity index (χ3n) is 6.79. The summed E-state index contributed by atoms with van der Waals surface area (Å²) in [5.74, 6) is 0. The van der Waals surface area contributed by atoms with Gasteiger partial charge >= 0.3 is 0 Å². The van der Waals surface area contributed by atoms with Crippen LogP contribution in [-0.2, 0) is 12.3 Å². The molecule has 2 heterocycles. The van der Waals surface area contributed by atoms with Crippen molar-refractivity contribution in [3.63, 3.8) is 0 Å². The summed E-state index contributed by atoms with van der Waals surface area (Å²) in [4.78, 5) is 10.3. The standard InChI is InChI=1S/C36H30N2P2.B2/c1-5-17-31(18-6-1)39(32-19-7-2-8-20-32)27-29-15-13-25-35(37-29)36-26-14-16-30(38-36)28-40(33-21-9-3-10-22-33)34-23-11-4-12-24-34;1-2/h1-26H,27-28H2;. The highest BCUT2D eigenvalue weighted by Crippen LogP contribution is 2.39. The molecule has 4 aromatic carbocycles. The summed E-state index contributed by atoms with van der Waals surface area (Å²) in [5, 5.41) is 5.47. The normalized spacial score (nSPS) is 10.7. The maximum Gasteiger partial charge on any atom is 0.0889 e. The van der Waals surface area contributed by atoms with Crippen LogP contribution in [0.2, 0.25) is 0 Å². The molecule has 6 heteroatoms. The second-order valence-corrected chi connectivity index (χ2v) is 14.0. The van der Waals surface area contributed by atoms with Gasteiger partial charge < -0.3 is 0 Å². The van der Waals surface area contributed by atoms with E-state index in [-0.39, 0.29) is 0 Å². The predicted molar refractivity (Wildman–Crippen MR) is 185 cm³/mol. The first-order valence-electron chi connectivity index (χ1n) is 13.8. The molecule has 4 radical (unpaired) electrons. The molecule has 0 bridgehead atoms. The van der Waals surface area contributed by atoms with Crippen molar-refractivity contribution in [2.24, 2.45) is 0 Å². The topological polar surface area (TPSA) is 25.8 Å². The fourth-order valence-electron chi connectivity index (χ4n) is 4.84. The zero-order valence-corrected chi connectivity index (χ0v) is 25.2. The number of benzene rings is 4. The quantitative estimate of drug-likeness (QED) is 0.143. The lowest BCUT2D eigenvalue weighted by atomic mass is 9.81. The van der Waals surface area contributed by atoms with Crippen LogP contribution in [0.4, 0.5) is 0 Å². The molecule has 0 saturated heterocycles. The second kappa shape index (κ2) is 15.4.